The number of ether oxygens (including phenoxy) is 1. The van der Waals surface area contributed by atoms with E-state index >= 15 is 0 Å². The number of carboxylic acid groups (broad SMARTS) is 1. The minimum Gasteiger partial charge on any atom is -0.478 e. The molecule has 1 aromatic carbocycles. The van der Waals surface area contributed by atoms with E-state index < -0.39 is 17.8 Å². The van der Waals surface area contributed by atoms with E-state index in [1.807, 2.05) is 0 Å². The van der Waals surface area contributed by atoms with Crippen molar-refractivity contribution in [2.24, 2.45) is 4.99 Å². The van der Waals surface area contributed by atoms with Gasteiger partial charge in [0.2, 0.25) is 5.91 Å². The van der Waals surface area contributed by atoms with Crippen LogP contribution in [-0.2, 0) is 14.3 Å². The molecule has 3 aliphatic heterocycles. The van der Waals surface area contributed by atoms with Gasteiger partial charge in [0.1, 0.15) is 11.9 Å². The zero-order valence-electron chi connectivity index (χ0n) is 18.7. The summed E-state index contributed by atoms with van der Waals surface area (Å²) in [5, 5.41) is 18.9. The number of morpholine rings is 1. The normalized spacial score (nSPS) is 26.3. The molecule has 2 aromatic rings. The number of amidine groups is 1. The lowest BCUT2D eigenvalue weighted by molar-refractivity contribution is -0.133. The summed E-state index contributed by atoms with van der Waals surface area (Å²) in [5.41, 5.74) is 0.865. The predicted molar refractivity (Wildman–Crippen MR) is 128 cm³/mol. The average molecular weight is 520 g/mol. The average Bonchev–Trinajstić information content (AvgIpc) is 3.38. The number of nitrogens with one attached hydrogen (secondary N) is 2. The molecule has 9 nitrogen and oxygen atoms in total. The lowest BCUT2D eigenvalue weighted by atomic mass is 9.95. The molecule has 3 aliphatic rings. The number of carbonyl (C=O) groups is 2. The van der Waals surface area contributed by atoms with Gasteiger partial charge in [-0.05, 0) is 18.6 Å². The quantitative estimate of drug-likeness (QED) is 0.536. The fourth-order valence-electron chi connectivity index (χ4n) is 5.00. The van der Waals surface area contributed by atoms with Crippen molar-refractivity contribution >= 4 is 40.6 Å². The molecule has 0 spiro atoms. The molecular weight excluding hydrogens is 497 g/mol. The topological polar surface area (TPSA) is 116 Å². The molecule has 5 rings (SSSR count). The monoisotopic (exact) mass is 519 g/mol. The molecule has 184 valence electrons. The Morgan fingerprint density at radius 3 is 2.91 bits per heavy atom. The summed E-state index contributed by atoms with van der Waals surface area (Å²) in [6.07, 6.45) is 2.35. The van der Waals surface area contributed by atoms with Gasteiger partial charge < -0.3 is 20.5 Å². The summed E-state index contributed by atoms with van der Waals surface area (Å²) in [6, 6.07) is 2.72. The Hall–Kier alpha value is -2.86. The molecule has 4 heterocycles. The Labute approximate surface area is 209 Å². The zero-order valence-corrected chi connectivity index (χ0v) is 20.3. The number of rotatable bonds is 6. The maximum Gasteiger partial charge on any atom is 0.335 e. The SMILES string of the molecule is CC(=O)NC1CC2COCC1N2CC1=C(C(=O)O)[C@H](c2ccc(F)cc2Cl)N=C(c2nccs2)N1. The molecule has 0 radical (unpaired) electrons. The number of thiazole rings is 1. The third-order valence-corrected chi connectivity index (χ3v) is 7.57. The third kappa shape index (κ3) is 4.68. The molecular formula is C23H23ClFN5O4S. The van der Waals surface area contributed by atoms with E-state index in [-0.39, 0.29) is 41.2 Å². The van der Waals surface area contributed by atoms with E-state index in [2.05, 4.69) is 25.5 Å². The van der Waals surface area contributed by atoms with Gasteiger partial charge in [-0.2, -0.15) is 0 Å². The molecule has 2 saturated heterocycles. The number of hydrogen-bond acceptors (Lipinski definition) is 8. The van der Waals surface area contributed by atoms with Crippen LogP contribution in [0.4, 0.5) is 4.39 Å². The van der Waals surface area contributed by atoms with Crippen LogP contribution in [-0.4, -0.2) is 70.6 Å². The molecule has 0 saturated carbocycles. The van der Waals surface area contributed by atoms with Gasteiger partial charge in [0, 0.05) is 53.4 Å². The summed E-state index contributed by atoms with van der Waals surface area (Å²) in [7, 11) is 0. The Kier molecular flexibility index (Phi) is 6.58. The van der Waals surface area contributed by atoms with Crippen molar-refractivity contribution in [3.05, 3.63) is 62.5 Å². The second-order valence-corrected chi connectivity index (χ2v) is 9.98. The van der Waals surface area contributed by atoms with Crippen LogP contribution >= 0.6 is 22.9 Å². The molecule has 1 aromatic heterocycles. The molecule has 35 heavy (non-hydrogen) atoms. The van der Waals surface area contributed by atoms with Crippen molar-refractivity contribution in [2.75, 3.05) is 19.8 Å². The number of aliphatic imine (C=N–C) groups is 1. The summed E-state index contributed by atoms with van der Waals surface area (Å²) in [6.45, 7) is 2.67. The van der Waals surface area contributed by atoms with Gasteiger partial charge in [-0.3, -0.25) is 14.7 Å². The number of aromatic nitrogens is 1. The Morgan fingerprint density at radius 1 is 1.40 bits per heavy atom. The van der Waals surface area contributed by atoms with Crippen molar-refractivity contribution in [3.8, 4) is 0 Å². The maximum absolute atomic E-state index is 13.8. The highest BCUT2D eigenvalue weighted by Gasteiger charge is 2.46. The zero-order chi connectivity index (χ0) is 24.7. The molecule has 12 heteroatoms. The van der Waals surface area contributed by atoms with Gasteiger partial charge in [-0.1, -0.05) is 17.7 Å². The highest BCUT2D eigenvalue weighted by molar-refractivity contribution is 7.11. The van der Waals surface area contributed by atoms with Crippen molar-refractivity contribution in [3.63, 3.8) is 0 Å². The summed E-state index contributed by atoms with van der Waals surface area (Å²) >= 11 is 7.71. The summed E-state index contributed by atoms with van der Waals surface area (Å²) in [5.74, 6) is -1.37. The third-order valence-electron chi connectivity index (χ3n) is 6.46. The van der Waals surface area contributed by atoms with E-state index in [0.717, 1.165) is 6.07 Å². The van der Waals surface area contributed by atoms with Gasteiger partial charge >= 0.3 is 5.97 Å². The second kappa shape index (κ2) is 9.65. The smallest absolute Gasteiger partial charge is 0.335 e. The molecule has 4 atom stereocenters. The first-order valence-electron chi connectivity index (χ1n) is 11.1. The van der Waals surface area contributed by atoms with Gasteiger partial charge in [0.15, 0.2) is 10.8 Å². The van der Waals surface area contributed by atoms with Crippen LogP contribution in [0.15, 0.2) is 46.0 Å². The minimum absolute atomic E-state index is 0.0185. The fraction of sp³-hybridized carbons (Fsp3) is 0.391. The number of aliphatic carboxylic acids is 1. The Balaban J connectivity index is 1.56. The molecule has 0 aliphatic carbocycles. The van der Waals surface area contributed by atoms with Crippen LogP contribution in [0.25, 0.3) is 0 Å². The Bertz CT molecular complexity index is 1220. The number of fused-ring (bicyclic) bond motifs is 2. The predicted octanol–water partition coefficient (Wildman–Crippen LogP) is 2.34. The first-order chi connectivity index (χ1) is 16.8. The lowest BCUT2D eigenvalue weighted by Gasteiger charge is -2.37. The number of carbonyl (C=O) groups excluding carboxylic acids is 1. The van der Waals surface area contributed by atoms with Gasteiger partial charge in [-0.25, -0.2) is 14.2 Å². The highest BCUT2D eigenvalue weighted by atomic mass is 35.5. The molecule has 1 amide bonds. The van der Waals surface area contributed by atoms with Crippen LogP contribution in [0.1, 0.15) is 30.0 Å². The van der Waals surface area contributed by atoms with Gasteiger partial charge in [0.05, 0.1) is 24.8 Å². The fourth-order valence-corrected chi connectivity index (χ4v) is 5.86. The summed E-state index contributed by atoms with van der Waals surface area (Å²) in [4.78, 5) is 35.4. The van der Waals surface area contributed by atoms with Crippen LogP contribution in [0.3, 0.4) is 0 Å². The van der Waals surface area contributed by atoms with E-state index in [1.54, 1.807) is 11.6 Å². The number of nitrogens with zero attached hydrogens (tertiary/aromatic N) is 3. The van der Waals surface area contributed by atoms with Crippen molar-refractivity contribution in [2.45, 2.75) is 37.5 Å². The number of benzene rings is 1. The van der Waals surface area contributed by atoms with E-state index in [4.69, 9.17) is 16.3 Å². The maximum atomic E-state index is 13.8. The van der Waals surface area contributed by atoms with Crippen molar-refractivity contribution in [1.82, 2.24) is 20.5 Å². The van der Waals surface area contributed by atoms with Crippen molar-refractivity contribution < 1.29 is 23.8 Å². The van der Waals surface area contributed by atoms with Crippen LogP contribution in [0.5, 0.6) is 0 Å². The first kappa shape index (κ1) is 23.9. The number of hydrogen-bond donors (Lipinski definition) is 3. The number of amides is 1. The number of halogens is 2. The minimum atomic E-state index is -1.15. The second-order valence-electron chi connectivity index (χ2n) is 8.68. The lowest BCUT2D eigenvalue weighted by Crippen LogP contribution is -2.53. The summed E-state index contributed by atoms with van der Waals surface area (Å²) < 4.78 is 19.5. The standard InChI is InChI=1S/C23H23ClFN5O4S/c1-11(31)27-16-7-13-9-34-10-18(16)30(13)8-17-19(23(32)33)20(14-3-2-12(25)6-15(14)24)29-21(28-17)22-26-4-5-35-22/h2-6,13,16,18,20H,7-10H2,1H3,(H,27,31)(H,28,29)(H,32,33)/t13?,16?,18?,20-/m0/s1. The molecule has 2 bridgehead atoms. The Morgan fingerprint density at radius 2 is 2.23 bits per heavy atom. The molecule has 2 fully saturated rings. The number of carboxylic acids is 1. The van der Waals surface area contributed by atoms with E-state index in [0.29, 0.717) is 41.7 Å². The van der Waals surface area contributed by atoms with Gasteiger partial charge in [-0.15, -0.1) is 11.3 Å². The first-order valence-corrected chi connectivity index (χ1v) is 12.3. The van der Waals surface area contributed by atoms with Crippen LogP contribution in [0, 0.1) is 5.82 Å². The molecule has 3 N–H and O–H groups in total. The van der Waals surface area contributed by atoms with Crippen LogP contribution in [0.2, 0.25) is 5.02 Å². The van der Waals surface area contributed by atoms with Crippen molar-refractivity contribution in [1.29, 1.82) is 0 Å². The van der Waals surface area contributed by atoms with Crippen LogP contribution < -0.4 is 10.6 Å². The highest BCUT2D eigenvalue weighted by Crippen LogP contribution is 2.38. The van der Waals surface area contributed by atoms with E-state index in [9.17, 15) is 19.1 Å². The molecule has 3 unspecified atom stereocenters. The van der Waals surface area contributed by atoms with Gasteiger partial charge in [0.25, 0.3) is 0 Å². The van der Waals surface area contributed by atoms with E-state index in [1.165, 1.54) is 30.4 Å². The largest absolute Gasteiger partial charge is 0.478 e.